The highest BCUT2D eigenvalue weighted by Crippen LogP contribution is 2.40. The highest BCUT2D eigenvalue weighted by molar-refractivity contribution is 6.17. The van der Waals surface area contributed by atoms with Crippen molar-refractivity contribution in [2.45, 2.75) is 6.18 Å². The van der Waals surface area contributed by atoms with Gasteiger partial charge in [0.1, 0.15) is 5.58 Å². The standard InChI is InChI=1S/C18H9F3O3/c19-18(20,21)17-15(16(22)13-6-3-7-23-13)12-8-10-4-1-2-5-11(10)9-14(12)24-17/h1-9H. The second-order valence-corrected chi connectivity index (χ2v) is 5.31. The highest BCUT2D eigenvalue weighted by atomic mass is 19.4. The average Bonchev–Trinajstić information content (AvgIpc) is 3.19. The fourth-order valence-electron chi connectivity index (χ4n) is 2.74. The van der Waals surface area contributed by atoms with Crippen molar-refractivity contribution >= 4 is 27.5 Å². The number of hydrogen-bond acceptors (Lipinski definition) is 3. The maximum absolute atomic E-state index is 13.4. The number of alkyl halides is 3. The number of benzene rings is 2. The lowest BCUT2D eigenvalue weighted by atomic mass is 10.0. The first-order valence-electron chi connectivity index (χ1n) is 7.06. The zero-order chi connectivity index (χ0) is 16.9. The van der Waals surface area contributed by atoms with Gasteiger partial charge in [0.25, 0.3) is 0 Å². The number of hydrogen-bond donors (Lipinski definition) is 0. The molecule has 0 spiro atoms. The zero-order valence-corrected chi connectivity index (χ0v) is 12.1. The summed E-state index contributed by atoms with van der Waals surface area (Å²) in [5, 5.41) is 1.56. The molecule has 4 rings (SSSR count). The normalized spacial score (nSPS) is 12.1. The van der Waals surface area contributed by atoms with Crippen LogP contribution in [0.25, 0.3) is 21.7 Å². The monoisotopic (exact) mass is 330 g/mol. The first-order valence-corrected chi connectivity index (χ1v) is 7.06. The van der Waals surface area contributed by atoms with Crippen LogP contribution in [0.3, 0.4) is 0 Å². The van der Waals surface area contributed by atoms with Gasteiger partial charge in [0, 0.05) is 5.39 Å². The van der Waals surface area contributed by atoms with Crippen molar-refractivity contribution in [1.82, 2.24) is 0 Å². The summed E-state index contributed by atoms with van der Waals surface area (Å²) in [4.78, 5) is 12.5. The van der Waals surface area contributed by atoms with Crippen LogP contribution in [0.15, 0.2) is 63.6 Å². The first-order chi connectivity index (χ1) is 11.4. The van der Waals surface area contributed by atoms with Gasteiger partial charge in [0.05, 0.1) is 11.8 Å². The number of carbonyl (C=O) groups is 1. The summed E-state index contributed by atoms with van der Waals surface area (Å²) >= 11 is 0. The lowest BCUT2D eigenvalue weighted by Gasteiger charge is -2.04. The van der Waals surface area contributed by atoms with Gasteiger partial charge in [-0.05, 0) is 35.0 Å². The van der Waals surface area contributed by atoms with E-state index < -0.39 is 23.3 Å². The molecule has 0 aliphatic heterocycles. The summed E-state index contributed by atoms with van der Waals surface area (Å²) in [7, 11) is 0. The molecule has 24 heavy (non-hydrogen) atoms. The van der Waals surface area contributed by atoms with Gasteiger partial charge in [-0.3, -0.25) is 4.79 Å². The maximum atomic E-state index is 13.4. The minimum absolute atomic E-state index is 0.0101. The molecule has 2 heterocycles. The lowest BCUT2D eigenvalue weighted by molar-refractivity contribution is -0.152. The van der Waals surface area contributed by atoms with Gasteiger partial charge in [-0.15, -0.1) is 0 Å². The number of furan rings is 2. The summed E-state index contributed by atoms with van der Waals surface area (Å²) in [6, 6.07) is 12.9. The van der Waals surface area contributed by atoms with Crippen LogP contribution in [-0.4, -0.2) is 5.78 Å². The predicted molar refractivity (Wildman–Crippen MR) is 80.9 cm³/mol. The molecule has 0 bridgehead atoms. The van der Waals surface area contributed by atoms with Crippen LogP contribution in [0.1, 0.15) is 21.9 Å². The van der Waals surface area contributed by atoms with E-state index in [-0.39, 0.29) is 16.7 Å². The highest BCUT2D eigenvalue weighted by Gasteiger charge is 2.41. The van der Waals surface area contributed by atoms with Crippen molar-refractivity contribution < 1.29 is 26.8 Å². The van der Waals surface area contributed by atoms with E-state index in [0.29, 0.717) is 5.39 Å². The van der Waals surface area contributed by atoms with Crippen LogP contribution in [0, 0.1) is 0 Å². The molecule has 0 radical (unpaired) electrons. The quantitative estimate of drug-likeness (QED) is 0.460. The lowest BCUT2D eigenvalue weighted by Crippen LogP contribution is -2.11. The SMILES string of the molecule is O=C(c1ccco1)c1c(C(F)(F)F)oc2cc3ccccc3cc12. The Morgan fingerprint density at radius 1 is 0.958 bits per heavy atom. The molecule has 0 aliphatic carbocycles. The zero-order valence-electron chi connectivity index (χ0n) is 12.1. The Kier molecular flexibility index (Phi) is 3.03. The van der Waals surface area contributed by atoms with E-state index in [0.717, 1.165) is 5.39 Å². The molecule has 0 fully saturated rings. The van der Waals surface area contributed by atoms with Gasteiger partial charge in [-0.1, -0.05) is 24.3 Å². The molecule has 2 aromatic heterocycles. The molecule has 0 saturated heterocycles. The Morgan fingerprint density at radius 3 is 2.29 bits per heavy atom. The second kappa shape index (κ2) is 4.99. The molecule has 4 aromatic rings. The van der Waals surface area contributed by atoms with Gasteiger partial charge < -0.3 is 8.83 Å². The van der Waals surface area contributed by atoms with E-state index in [1.807, 2.05) is 0 Å². The van der Waals surface area contributed by atoms with Crippen LogP contribution in [0.4, 0.5) is 13.2 Å². The molecule has 0 unspecified atom stereocenters. The molecule has 2 aromatic carbocycles. The van der Waals surface area contributed by atoms with Crippen molar-refractivity contribution in [2.75, 3.05) is 0 Å². The number of carbonyl (C=O) groups excluding carboxylic acids is 1. The van der Waals surface area contributed by atoms with Crippen molar-refractivity contribution in [3.05, 3.63) is 71.9 Å². The molecule has 120 valence electrons. The van der Waals surface area contributed by atoms with E-state index in [2.05, 4.69) is 0 Å². The molecule has 0 aliphatic rings. The Balaban J connectivity index is 2.07. The van der Waals surface area contributed by atoms with Gasteiger partial charge in [-0.25, -0.2) is 0 Å². The van der Waals surface area contributed by atoms with Crippen LogP contribution in [-0.2, 0) is 6.18 Å². The summed E-state index contributed by atoms with van der Waals surface area (Å²) in [6.07, 6.45) is -3.55. The Labute approximate surface area is 133 Å². The maximum Gasteiger partial charge on any atom is 0.450 e. The largest absolute Gasteiger partial charge is 0.461 e. The summed E-state index contributed by atoms with van der Waals surface area (Å²) < 4.78 is 50.1. The molecule has 6 heteroatoms. The number of halogens is 3. The van der Waals surface area contributed by atoms with Crippen molar-refractivity contribution in [2.24, 2.45) is 0 Å². The van der Waals surface area contributed by atoms with Crippen LogP contribution in [0.5, 0.6) is 0 Å². The van der Waals surface area contributed by atoms with Crippen LogP contribution < -0.4 is 0 Å². The summed E-state index contributed by atoms with van der Waals surface area (Å²) in [5.74, 6) is -2.34. The fraction of sp³-hybridized carbons (Fsp3) is 0.0556. The molecular weight excluding hydrogens is 321 g/mol. The molecule has 0 amide bonds. The van der Waals surface area contributed by atoms with Crippen LogP contribution in [0.2, 0.25) is 0 Å². The Hall–Kier alpha value is -3.02. The van der Waals surface area contributed by atoms with Gasteiger partial charge in [0.2, 0.25) is 11.5 Å². The van der Waals surface area contributed by atoms with E-state index in [9.17, 15) is 18.0 Å². The van der Waals surface area contributed by atoms with E-state index in [1.165, 1.54) is 30.5 Å². The third-order valence-corrected chi connectivity index (χ3v) is 3.79. The summed E-state index contributed by atoms with van der Waals surface area (Å²) in [6.45, 7) is 0. The second-order valence-electron chi connectivity index (χ2n) is 5.31. The van der Waals surface area contributed by atoms with Gasteiger partial charge >= 0.3 is 6.18 Å². The smallest absolute Gasteiger partial charge is 0.450 e. The molecule has 0 saturated carbocycles. The van der Waals surface area contributed by atoms with E-state index >= 15 is 0 Å². The Bertz CT molecular complexity index is 1060. The van der Waals surface area contributed by atoms with Crippen LogP contribution >= 0.6 is 0 Å². The Morgan fingerprint density at radius 2 is 1.67 bits per heavy atom. The van der Waals surface area contributed by atoms with E-state index in [1.54, 1.807) is 24.3 Å². The van der Waals surface area contributed by atoms with E-state index in [4.69, 9.17) is 8.83 Å². The van der Waals surface area contributed by atoms with Gasteiger partial charge in [0.15, 0.2) is 5.76 Å². The molecule has 0 atom stereocenters. The molecule has 0 N–H and O–H groups in total. The minimum Gasteiger partial charge on any atom is -0.461 e. The third kappa shape index (κ3) is 2.19. The number of fused-ring (bicyclic) bond motifs is 2. The number of rotatable bonds is 2. The number of ketones is 1. The summed E-state index contributed by atoms with van der Waals surface area (Å²) in [5.41, 5.74) is -0.519. The average molecular weight is 330 g/mol. The molecular formula is C18H9F3O3. The van der Waals surface area contributed by atoms with Crippen molar-refractivity contribution in [3.8, 4) is 0 Å². The topological polar surface area (TPSA) is 43.4 Å². The first kappa shape index (κ1) is 14.6. The van der Waals surface area contributed by atoms with Gasteiger partial charge in [-0.2, -0.15) is 13.2 Å². The minimum atomic E-state index is -4.79. The third-order valence-electron chi connectivity index (χ3n) is 3.79. The van der Waals surface area contributed by atoms with Crippen molar-refractivity contribution in [3.63, 3.8) is 0 Å². The predicted octanol–water partition coefficient (Wildman–Crippen LogP) is 5.43. The molecule has 3 nitrogen and oxygen atoms in total. The fourth-order valence-corrected chi connectivity index (χ4v) is 2.74. The van der Waals surface area contributed by atoms with Crippen molar-refractivity contribution in [1.29, 1.82) is 0 Å².